The molecule has 0 bridgehead atoms. The van der Waals surface area contributed by atoms with Crippen LogP contribution in [0.1, 0.15) is 24.4 Å². The summed E-state index contributed by atoms with van der Waals surface area (Å²) in [5.41, 5.74) is 0.931. The first-order chi connectivity index (χ1) is 11.0. The van der Waals surface area contributed by atoms with Crippen molar-refractivity contribution in [3.05, 3.63) is 51.5 Å². The number of nitrogens with zero attached hydrogens (tertiary/aromatic N) is 3. The van der Waals surface area contributed by atoms with Crippen LogP contribution in [0.3, 0.4) is 0 Å². The van der Waals surface area contributed by atoms with E-state index in [0.717, 1.165) is 29.1 Å². The first kappa shape index (κ1) is 16.5. The minimum atomic E-state index is -0.114. The molecule has 0 spiro atoms. The third kappa shape index (κ3) is 3.76. The number of hydrogen-bond acceptors (Lipinski definition) is 3. The molecule has 3 rings (SSSR count). The maximum absolute atomic E-state index is 12.3. The summed E-state index contributed by atoms with van der Waals surface area (Å²) in [5, 5.41) is 3.68. The Bertz CT molecular complexity index is 718. The van der Waals surface area contributed by atoms with E-state index in [1.165, 1.54) is 0 Å². The van der Waals surface area contributed by atoms with Crippen LogP contribution in [-0.4, -0.2) is 33.4 Å². The molecule has 0 radical (unpaired) electrons. The zero-order chi connectivity index (χ0) is 16.4. The highest BCUT2D eigenvalue weighted by Gasteiger charge is 2.21. The predicted molar refractivity (Wildman–Crippen MR) is 93.2 cm³/mol. The summed E-state index contributed by atoms with van der Waals surface area (Å²) in [6.07, 6.45) is 1.80. The Balaban J connectivity index is 1.57. The molecule has 1 aliphatic heterocycles. The van der Waals surface area contributed by atoms with Gasteiger partial charge in [-0.3, -0.25) is 9.69 Å². The van der Waals surface area contributed by atoms with Crippen molar-refractivity contribution in [1.29, 1.82) is 0 Å². The molecule has 122 valence electrons. The average molecular weight is 398 g/mol. The Morgan fingerprint density at radius 3 is 3.00 bits per heavy atom. The quantitative estimate of drug-likeness (QED) is 0.863. The van der Waals surface area contributed by atoms with Crippen molar-refractivity contribution >= 4 is 33.4 Å². The molecule has 2 heterocycles. The zero-order valence-electron chi connectivity index (χ0n) is 12.8. The van der Waals surface area contributed by atoms with E-state index in [0.29, 0.717) is 18.1 Å². The van der Waals surface area contributed by atoms with Crippen molar-refractivity contribution in [3.63, 3.8) is 0 Å². The molecule has 1 aromatic carbocycles. The molecule has 0 saturated carbocycles. The lowest BCUT2D eigenvalue weighted by Crippen LogP contribution is -2.42. The van der Waals surface area contributed by atoms with Gasteiger partial charge in [-0.25, -0.2) is 4.98 Å². The van der Waals surface area contributed by atoms with Crippen LogP contribution in [0.4, 0.5) is 0 Å². The number of nitrogens with one attached hydrogen (secondary N) is 1. The Morgan fingerprint density at radius 2 is 2.22 bits per heavy atom. The van der Waals surface area contributed by atoms with Crippen LogP contribution < -0.4 is 5.32 Å². The van der Waals surface area contributed by atoms with Gasteiger partial charge < -0.3 is 9.88 Å². The summed E-state index contributed by atoms with van der Waals surface area (Å²) in [4.78, 5) is 18.8. The van der Waals surface area contributed by atoms with Crippen LogP contribution in [0.25, 0.3) is 0 Å². The highest BCUT2D eigenvalue weighted by Crippen LogP contribution is 2.22. The van der Waals surface area contributed by atoms with Crippen molar-refractivity contribution in [1.82, 2.24) is 19.8 Å². The van der Waals surface area contributed by atoms with E-state index in [9.17, 15) is 4.79 Å². The number of halogens is 2. The summed E-state index contributed by atoms with van der Waals surface area (Å²) in [7, 11) is 0. The minimum Gasteiger partial charge on any atom is -0.348 e. The van der Waals surface area contributed by atoms with E-state index in [1.807, 2.05) is 31.2 Å². The van der Waals surface area contributed by atoms with Gasteiger partial charge in [-0.1, -0.05) is 29.8 Å². The topological polar surface area (TPSA) is 50.2 Å². The monoisotopic (exact) mass is 396 g/mol. The van der Waals surface area contributed by atoms with Crippen LogP contribution >= 0.6 is 27.5 Å². The van der Waals surface area contributed by atoms with Crippen molar-refractivity contribution in [2.75, 3.05) is 13.1 Å². The molecule has 0 saturated heterocycles. The van der Waals surface area contributed by atoms with Crippen molar-refractivity contribution in [2.45, 2.75) is 26.1 Å². The molecule has 1 N–H and O–H groups in total. The van der Waals surface area contributed by atoms with Gasteiger partial charge in [0.2, 0.25) is 5.91 Å². The molecular weight excluding hydrogens is 380 g/mol. The number of amides is 1. The van der Waals surface area contributed by atoms with E-state index in [4.69, 9.17) is 11.6 Å². The van der Waals surface area contributed by atoms with Gasteiger partial charge in [-0.05, 0) is 34.5 Å². The molecule has 0 aliphatic carbocycles. The van der Waals surface area contributed by atoms with Gasteiger partial charge >= 0.3 is 0 Å². The van der Waals surface area contributed by atoms with Gasteiger partial charge in [-0.15, -0.1) is 0 Å². The van der Waals surface area contributed by atoms with E-state index < -0.39 is 0 Å². The lowest BCUT2D eigenvalue weighted by atomic mass is 10.1. The third-order valence-corrected chi connectivity index (χ3v) is 4.99. The summed E-state index contributed by atoms with van der Waals surface area (Å²) >= 11 is 9.65. The van der Waals surface area contributed by atoms with Gasteiger partial charge in [0.15, 0.2) is 0 Å². The van der Waals surface area contributed by atoms with Crippen LogP contribution in [0.5, 0.6) is 0 Å². The van der Waals surface area contributed by atoms with Gasteiger partial charge in [0.05, 0.1) is 25.3 Å². The minimum absolute atomic E-state index is 0.00325. The maximum Gasteiger partial charge on any atom is 0.234 e. The number of aromatic nitrogens is 2. The summed E-state index contributed by atoms with van der Waals surface area (Å²) < 4.78 is 3.12. The largest absolute Gasteiger partial charge is 0.348 e. The molecular formula is C16H18BrClN4O. The molecule has 1 aromatic heterocycles. The molecule has 1 amide bonds. The Labute approximate surface area is 148 Å². The molecule has 1 unspecified atom stereocenters. The highest BCUT2D eigenvalue weighted by molar-refractivity contribution is 9.10. The number of rotatable bonds is 4. The van der Waals surface area contributed by atoms with Gasteiger partial charge in [0.1, 0.15) is 10.4 Å². The number of fused-ring (bicyclic) bond motifs is 1. The Hall–Kier alpha value is -1.37. The normalized spacial score (nSPS) is 16.0. The third-order valence-electron chi connectivity index (χ3n) is 4.01. The van der Waals surface area contributed by atoms with E-state index >= 15 is 0 Å². The summed E-state index contributed by atoms with van der Waals surface area (Å²) in [6.45, 7) is 4.65. The number of imidazole rings is 1. The van der Waals surface area contributed by atoms with Crippen LogP contribution in [0.15, 0.2) is 35.1 Å². The summed E-state index contributed by atoms with van der Waals surface area (Å²) in [5.74, 6) is 0.978. The lowest BCUT2D eigenvalue weighted by Gasteiger charge is -2.28. The second kappa shape index (κ2) is 7.03. The van der Waals surface area contributed by atoms with Gasteiger partial charge in [0, 0.05) is 18.1 Å². The summed E-state index contributed by atoms with van der Waals surface area (Å²) in [6, 6.07) is 7.46. The molecule has 23 heavy (non-hydrogen) atoms. The average Bonchev–Trinajstić information content (AvgIpc) is 2.88. The van der Waals surface area contributed by atoms with Crippen LogP contribution in [-0.2, 0) is 17.9 Å². The molecule has 0 fully saturated rings. The second-order valence-corrected chi connectivity index (χ2v) is 6.89. The molecule has 2 aromatic rings. The Morgan fingerprint density at radius 1 is 1.43 bits per heavy atom. The van der Waals surface area contributed by atoms with E-state index in [1.54, 1.807) is 6.20 Å². The SMILES string of the molecule is CC(NC(=O)CN1CCn2c(Br)cnc2C1)c1ccccc1Cl. The Kier molecular flexibility index (Phi) is 5.04. The predicted octanol–water partition coefficient (Wildman–Crippen LogP) is 2.99. The van der Waals surface area contributed by atoms with Crippen molar-refractivity contribution < 1.29 is 4.79 Å². The lowest BCUT2D eigenvalue weighted by molar-refractivity contribution is -0.123. The van der Waals surface area contributed by atoms with Crippen LogP contribution in [0, 0.1) is 0 Å². The number of hydrogen-bond donors (Lipinski definition) is 1. The van der Waals surface area contributed by atoms with Crippen LogP contribution in [0.2, 0.25) is 5.02 Å². The van der Waals surface area contributed by atoms with E-state index in [-0.39, 0.29) is 11.9 Å². The first-order valence-electron chi connectivity index (χ1n) is 7.50. The number of carbonyl (C=O) groups excluding carboxylic acids is 1. The fourth-order valence-electron chi connectivity index (χ4n) is 2.80. The molecule has 1 aliphatic rings. The smallest absolute Gasteiger partial charge is 0.234 e. The van der Waals surface area contributed by atoms with Gasteiger partial charge in [-0.2, -0.15) is 0 Å². The number of carbonyl (C=O) groups is 1. The molecule has 1 atom stereocenters. The van der Waals surface area contributed by atoms with E-state index in [2.05, 4.69) is 35.7 Å². The standard InChI is InChI=1S/C16H18BrClN4O/c1-11(12-4-2-3-5-13(12)18)20-16(23)10-21-6-7-22-14(17)8-19-15(22)9-21/h2-5,8,11H,6-7,9-10H2,1H3,(H,20,23). The molecule has 5 nitrogen and oxygen atoms in total. The van der Waals surface area contributed by atoms with Crippen molar-refractivity contribution in [3.8, 4) is 0 Å². The fraction of sp³-hybridized carbons (Fsp3) is 0.375. The maximum atomic E-state index is 12.3. The van der Waals surface area contributed by atoms with Crippen molar-refractivity contribution in [2.24, 2.45) is 0 Å². The van der Waals surface area contributed by atoms with Gasteiger partial charge in [0.25, 0.3) is 0 Å². The molecule has 7 heteroatoms. The number of benzene rings is 1. The second-order valence-electron chi connectivity index (χ2n) is 5.67. The highest BCUT2D eigenvalue weighted by atomic mass is 79.9. The zero-order valence-corrected chi connectivity index (χ0v) is 15.1. The fourth-order valence-corrected chi connectivity index (χ4v) is 3.59. The first-order valence-corrected chi connectivity index (χ1v) is 8.67.